The van der Waals surface area contributed by atoms with Crippen molar-refractivity contribution in [2.75, 3.05) is 12.4 Å². The molecular weight excluding hydrogens is 144 g/mol. The Bertz CT molecular complexity index is 162. The Morgan fingerprint density at radius 3 is 2.80 bits per heavy atom. The Labute approximate surface area is 66.5 Å². The van der Waals surface area contributed by atoms with E-state index in [1.54, 1.807) is 24.8 Å². The molecule has 0 aliphatic rings. The van der Waals surface area contributed by atoms with Crippen LogP contribution in [0, 0.1) is 11.8 Å². The predicted octanol–water partition coefficient (Wildman–Crippen LogP) is 1.64. The first kappa shape index (κ1) is 9.61. The van der Waals surface area contributed by atoms with E-state index in [1.807, 2.05) is 6.92 Å². The van der Waals surface area contributed by atoms with Crippen molar-refractivity contribution < 1.29 is 5.11 Å². The Kier molecular flexibility index (Phi) is 6.46. The molecule has 0 aromatic heterocycles. The van der Waals surface area contributed by atoms with Crippen molar-refractivity contribution in [2.45, 2.75) is 13.8 Å². The summed E-state index contributed by atoms with van der Waals surface area (Å²) in [5.41, 5.74) is 0. The lowest BCUT2D eigenvalue weighted by atomic mass is 10.5. The van der Waals surface area contributed by atoms with Crippen LogP contribution in [0.2, 0.25) is 0 Å². The Hall–Kier alpha value is -0.390. The molecule has 0 radical (unpaired) electrons. The van der Waals surface area contributed by atoms with Crippen LogP contribution < -0.4 is 0 Å². The number of aliphatic hydroxyl groups is 1. The summed E-state index contributed by atoms with van der Waals surface area (Å²) in [6.45, 7) is 3.93. The summed E-state index contributed by atoms with van der Waals surface area (Å²) >= 11 is 1.62. The summed E-state index contributed by atoms with van der Waals surface area (Å²) in [5.74, 6) is 6.52. The van der Waals surface area contributed by atoms with Crippen molar-refractivity contribution in [2.24, 2.45) is 0 Å². The van der Waals surface area contributed by atoms with E-state index in [0.717, 1.165) is 10.7 Å². The highest BCUT2D eigenvalue weighted by atomic mass is 32.2. The van der Waals surface area contributed by atoms with Crippen molar-refractivity contribution in [3.8, 4) is 11.8 Å². The molecule has 56 valence electrons. The van der Waals surface area contributed by atoms with E-state index in [1.165, 1.54) is 0 Å². The molecule has 1 N–H and O–H groups in total. The van der Waals surface area contributed by atoms with Crippen LogP contribution in [-0.4, -0.2) is 17.5 Å². The third-order valence-corrected chi connectivity index (χ3v) is 1.77. The number of hydrogen-bond acceptors (Lipinski definition) is 2. The van der Waals surface area contributed by atoms with Gasteiger partial charge in [-0.15, -0.1) is 17.7 Å². The van der Waals surface area contributed by atoms with Crippen LogP contribution >= 0.6 is 11.8 Å². The maximum absolute atomic E-state index is 8.73. The van der Waals surface area contributed by atoms with Crippen molar-refractivity contribution >= 4 is 11.8 Å². The van der Waals surface area contributed by atoms with Crippen LogP contribution in [0.25, 0.3) is 0 Å². The lowest BCUT2D eigenvalue weighted by Gasteiger charge is -1.96. The molecule has 1 nitrogen and oxygen atoms in total. The van der Waals surface area contributed by atoms with Crippen LogP contribution in [-0.2, 0) is 0 Å². The largest absolute Gasteiger partial charge is 0.391 e. The fourth-order valence-corrected chi connectivity index (χ4v) is 1.08. The zero-order chi connectivity index (χ0) is 7.82. The van der Waals surface area contributed by atoms with E-state index in [-0.39, 0.29) is 6.61 Å². The molecule has 0 rings (SSSR count). The molecule has 0 aliphatic carbocycles. The predicted molar refractivity (Wildman–Crippen MR) is 46.8 cm³/mol. The molecule has 2 heteroatoms. The van der Waals surface area contributed by atoms with E-state index in [0.29, 0.717) is 0 Å². The van der Waals surface area contributed by atoms with Crippen LogP contribution in [0.5, 0.6) is 0 Å². The molecule has 0 amide bonds. The molecule has 0 atom stereocenters. The quantitative estimate of drug-likeness (QED) is 0.627. The zero-order valence-electron chi connectivity index (χ0n) is 6.35. The van der Waals surface area contributed by atoms with Gasteiger partial charge in [0, 0.05) is 4.91 Å². The van der Waals surface area contributed by atoms with Gasteiger partial charge in [-0.25, -0.2) is 0 Å². The van der Waals surface area contributed by atoms with E-state index in [9.17, 15) is 0 Å². The number of aliphatic hydroxyl groups excluding tert-OH is 1. The molecule has 0 saturated heterocycles. The highest BCUT2D eigenvalue weighted by molar-refractivity contribution is 8.03. The summed E-state index contributed by atoms with van der Waals surface area (Å²) in [4.78, 5) is 0.942. The minimum Gasteiger partial charge on any atom is -0.391 e. The summed E-state index contributed by atoms with van der Waals surface area (Å²) in [6.07, 6.45) is 1.76. The van der Waals surface area contributed by atoms with E-state index >= 15 is 0 Å². The van der Waals surface area contributed by atoms with Crippen molar-refractivity contribution in [1.29, 1.82) is 0 Å². The van der Waals surface area contributed by atoms with Crippen LogP contribution in [0.4, 0.5) is 0 Å². The van der Waals surface area contributed by atoms with Gasteiger partial charge in [0.2, 0.25) is 0 Å². The van der Waals surface area contributed by atoms with Crippen molar-refractivity contribution in [3.63, 3.8) is 0 Å². The Morgan fingerprint density at radius 1 is 1.70 bits per heavy atom. The number of allylic oxidation sites excluding steroid dienone is 1. The molecule has 0 bridgehead atoms. The lowest BCUT2D eigenvalue weighted by Crippen LogP contribution is -1.84. The normalized spacial score (nSPS) is 10.5. The zero-order valence-corrected chi connectivity index (χ0v) is 7.16. The van der Waals surface area contributed by atoms with Gasteiger partial charge >= 0.3 is 0 Å². The van der Waals surface area contributed by atoms with Gasteiger partial charge in [0.25, 0.3) is 0 Å². The first-order chi connectivity index (χ1) is 4.85. The molecule has 0 aliphatic heterocycles. The fraction of sp³-hybridized carbons (Fsp3) is 0.500. The van der Waals surface area contributed by atoms with E-state index < -0.39 is 0 Å². The second kappa shape index (κ2) is 6.73. The fourth-order valence-electron chi connectivity index (χ4n) is 0.471. The van der Waals surface area contributed by atoms with Gasteiger partial charge in [-0.2, -0.15) is 0 Å². The summed E-state index contributed by atoms with van der Waals surface area (Å²) < 4.78 is 0. The molecule has 0 fully saturated rings. The molecule has 0 aromatic rings. The molecule has 10 heavy (non-hydrogen) atoms. The summed E-state index contributed by atoms with van der Waals surface area (Å²) in [7, 11) is 0. The highest BCUT2D eigenvalue weighted by Gasteiger charge is 1.90. The van der Waals surface area contributed by atoms with Gasteiger partial charge in [0.05, 0.1) is 6.61 Å². The monoisotopic (exact) mass is 156 g/mol. The molecule has 0 unspecified atom stereocenters. The molecule has 0 saturated carbocycles. The van der Waals surface area contributed by atoms with Gasteiger partial charge in [0.15, 0.2) is 0 Å². The smallest absolute Gasteiger partial charge is 0.0746 e. The lowest BCUT2D eigenvalue weighted by molar-refractivity contribution is 0.339. The average Bonchev–Trinajstić information content (AvgIpc) is 1.98. The van der Waals surface area contributed by atoms with Crippen molar-refractivity contribution in [3.05, 3.63) is 11.0 Å². The minimum absolute atomic E-state index is 0.104. The third-order valence-electron chi connectivity index (χ3n) is 0.863. The van der Waals surface area contributed by atoms with Gasteiger partial charge in [0.1, 0.15) is 0 Å². The highest BCUT2D eigenvalue weighted by Crippen LogP contribution is 2.12. The standard InChI is InChI=1S/C8H12OS/c1-3-5-6-8(7-9)10-4-2/h6,9H,4,7H2,1-2H3/b8-6+. The van der Waals surface area contributed by atoms with Gasteiger partial charge < -0.3 is 5.11 Å². The second-order valence-corrected chi connectivity index (χ2v) is 2.99. The maximum Gasteiger partial charge on any atom is 0.0746 e. The van der Waals surface area contributed by atoms with Crippen LogP contribution in [0.1, 0.15) is 13.8 Å². The number of thioether (sulfide) groups is 1. The van der Waals surface area contributed by atoms with Crippen molar-refractivity contribution in [1.82, 2.24) is 0 Å². The molecular formula is C8H12OS. The molecule has 0 spiro atoms. The summed E-state index contributed by atoms with van der Waals surface area (Å²) in [5, 5.41) is 8.73. The Balaban J connectivity index is 3.86. The van der Waals surface area contributed by atoms with E-state index in [2.05, 4.69) is 11.8 Å². The number of rotatable bonds is 3. The first-order valence-corrected chi connectivity index (χ1v) is 4.18. The third kappa shape index (κ3) is 4.49. The SMILES string of the molecule is CC#C/C=C(\CO)SCC. The average molecular weight is 156 g/mol. The van der Waals surface area contributed by atoms with Crippen LogP contribution in [0.3, 0.4) is 0 Å². The Morgan fingerprint density at radius 2 is 2.40 bits per heavy atom. The number of hydrogen-bond donors (Lipinski definition) is 1. The first-order valence-electron chi connectivity index (χ1n) is 3.20. The van der Waals surface area contributed by atoms with Gasteiger partial charge in [-0.1, -0.05) is 12.8 Å². The van der Waals surface area contributed by atoms with Gasteiger partial charge in [-0.3, -0.25) is 0 Å². The topological polar surface area (TPSA) is 20.2 Å². The van der Waals surface area contributed by atoms with Crippen LogP contribution in [0.15, 0.2) is 11.0 Å². The van der Waals surface area contributed by atoms with E-state index in [4.69, 9.17) is 5.11 Å². The molecule has 0 aromatic carbocycles. The van der Waals surface area contributed by atoms with Gasteiger partial charge in [-0.05, 0) is 18.8 Å². The maximum atomic E-state index is 8.73. The summed E-state index contributed by atoms with van der Waals surface area (Å²) in [6, 6.07) is 0. The minimum atomic E-state index is 0.104. The molecule has 0 heterocycles. The second-order valence-electron chi connectivity index (χ2n) is 1.60.